The molecule has 1 aromatic carbocycles. The van der Waals surface area contributed by atoms with E-state index in [1.54, 1.807) is 12.1 Å². The molecular formula is C11H9F2N3. The second-order valence-corrected chi connectivity index (χ2v) is 3.19. The number of nitrogens with one attached hydrogen (secondary N) is 1. The molecule has 1 aromatic heterocycles. The molecule has 0 saturated carbocycles. The SMILES string of the molecule is Nc1cccnc1Nc1cc(F)ccc1F. The average Bonchev–Trinajstić information content (AvgIpc) is 2.27. The van der Waals surface area contributed by atoms with E-state index in [9.17, 15) is 8.78 Å². The number of aromatic nitrogens is 1. The van der Waals surface area contributed by atoms with Crippen molar-refractivity contribution in [3.63, 3.8) is 0 Å². The molecule has 0 bridgehead atoms. The summed E-state index contributed by atoms with van der Waals surface area (Å²) in [5.74, 6) is -0.795. The molecule has 2 rings (SSSR count). The molecule has 0 aliphatic carbocycles. The Morgan fingerprint density at radius 2 is 2.00 bits per heavy atom. The predicted molar refractivity (Wildman–Crippen MR) is 58.3 cm³/mol. The van der Waals surface area contributed by atoms with E-state index in [0.29, 0.717) is 11.5 Å². The van der Waals surface area contributed by atoms with Crippen molar-refractivity contribution in [2.75, 3.05) is 11.1 Å². The third-order valence-corrected chi connectivity index (χ3v) is 2.02. The third kappa shape index (κ3) is 2.08. The first-order valence-electron chi connectivity index (χ1n) is 4.59. The Kier molecular flexibility index (Phi) is 2.68. The van der Waals surface area contributed by atoms with Gasteiger partial charge in [0.05, 0.1) is 11.4 Å². The van der Waals surface area contributed by atoms with E-state index in [2.05, 4.69) is 10.3 Å². The van der Waals surface area contributed by atoms with Crippen LogP contribution in [-0.4, -0.2) is 4.98 Å². The molecule has 2 aromatic rings. The molecule has 0 fully saturated rings. The lowest BCUT2D eigenvalue weighted by Crippen LogP contribution is -2.00. The number of nitrogens with zero attached hydrogens (tertiary/aromatic N) is 1. The van der Waals surface area contributed by atoms with Gasteiger partial charge in [-0.05, 0) is 24.3 Å². The van der Waals surface area contributed by atoms with Gasteiger partial charge in [-0.25, -0.2) is 13.8 Å². The number of hydrogen-bond acceptors (Lipinski definition) is 3. The molecule has 5 heteroatoms. The Morgan fingerprint density at radius 3 is 2.75 bits per heavy atom. The summed E-state index contributed by atoms with van der Waals surface area (Å²) >= 11 is 0. The molecule has 0 radical (unpaired) electrons. The lowest BCUT2D eigenvalue weighted by atomic mass is 10.3. The fraction of sp³-hybridized carbons (Fsp3) is 0. The van der Waals surface area contributed by atoms with Gasteiger partial charge in [-0.1, -0.05) is 0 Å². The van der Waals surface area contributed by atoms with Crippen molar-refractivity contribution in [1.82, 2.24) is 4.98 Å². The highest BCUT2D eigenvalue weighted by molar-refractivity contribution is 5.68. The van der Waals surface area contributed by atoms with E-state index in [0.717, 1.165) is 18.2 Å². The van der Waals surface area contributed by atoms with Gasteiger partial charge in [-0.3, -0.25) is 0 Å². The fourth-order valence-corrected chi connectivity index (χ4v) is 1.24. The molecule has 3 nitrogen and oxygen atoms in total. The largest absolute Gasteiger partial charge is 0.396 e. The molecule has 82 valence electrons. The van der Waals surface area contributed by atoms with Crippen molar-refractivity contribution in [3.8, 4) is 0 Å². The number of pyridine rings is 1. The summed E-state index contributed by atoms with van der Waals surface area (Å²) in [5, 5.41) is 2.63. The van der Waals surface area contributed by atoms with Gasteiger partial charge in [-0.15, -0.1) is 0 Å². The maximum Gasteiger partial charge on any atom is 0.153 e. The average molecular weight is 221 g/mol. The number of rotatable bonds is 2. The van der Waals surface area contributed by atoms with E-state index >= 15 is 0 Å². The van der Waals surface area contributed by atoms with Crippen LogP contribution in [0, 0.1) is 11.6 Å². The van der Waals surface area contributed by atoms with Crippen LogP contribution in [-0.2, 0) is 0 Å². The zero-order chi connectivity index (χ0) is 11.5. The monoisotopic (exact) mass is 221 g/mol. The lowest BCUT2D eigenvalue weighted by molar-refractivity contribution is 0.603. The van der Waals surface area contributed by atoms with Crippen molar-refractivity contribution in [3.05, 3.63) is 48.2 Å². The summed E-state index contributed by atoms with van der Waals surface area (Å²) in [7, 11) is 0. The fourth-order valence-electron chi connectivity index (χ4n) is 1.24. The maximum absolute atomic E-state index is 13.3. The highest BCUT2D eigenvalue weighted by Gasteiger charge is 2.06. The van der Waals surface area contributed by atoms with Crippen LogP contribution < -0.4 is 11.1 Å². The molecule has 0 aliphatic heterocycles. The molecule has 3 N–H and O–H groups in total. The molecule has 0 atom stereocenters. The first kappa shape index (κ1) is 10.4. The van der Waals surface area contributed by atoms with E-state index in [1.165, 1.54) is 6.20 Å². The number of benzene rings is 1. The summed E-state index contributed by atoms with van der Waals surface area (Å²) in [6, 6.07) is 6.40. The lowest BCUT2D eigenvalue weighted by Gasteiger charge is -2.08. The van der Waals surface area contributed by atoms with Gasteiger partial charge in [0, 0.05) is 12.3 Å². The second-order valence-electron chi connectivity index (χ2n) is 3.19. The summed E-state index contributed by atoms with van der Waals surface area (Å²) in [5.41, 5.74) is 5.99. The topological polar surface area (TPSA) is 50.9 Å². The van der Waals surface area contributed by atoms with Crippen molar-refractivity contribution in [2.45, 2.75) is 0 Å². The molecule has 0 saturated heterocycles. The minimum Gasteiger partial charge on any atom is -0.396 e. The van der Waals surface area contributed by atoms with Gasteiger partial charge >= 0.3 is 0 Å². The molecule has 0 amide bonds. The standard InChI is InChI=1S/C11H9F2N3/c12-7-3-4-8(13)10(6-7)16-11-9(14)2-1-5-15-11/h1-6H,14H2,(H,15,16). The molecule has 0 unspecified atom stereocenters. The van der Waals surface area contributed by atoms with Crippen molar-refractivity contribution in [1.29, 1.82) is 0 Å². The zero-order valence-electron chi connectivity index (χ0n) is 8.24. The highest BCUT2D eigenvalue weighted by atomic mass is 19.1. The Labute approximate surface area is 90.9 Å². The summed E-state index contributed by atoms with van der Waals surface area (Å²) in [6.45, 7) is 0. The van der Waals surface area contributed by atoms with Crippen LogP contribution in [0.15, 0.2) is 36.5 Å². The van der Waals surface area contributed by atoms with Crippen LogP contribution >= 0.6 is 0 Å². The third-order valence-electron chi connectivity index (χ3n) is 2.02. The van der Waals surface area contributed by atoms with Gasteiger partial charge < -0.3 is 11.1 Å². The van der Waals surface area contributed by atoms with Crippen LogP contribution in [0.5, 0.6) is 0 Å². The number of halogens is 2. The van der Waals surface area contributed by atoms with E-state index < -0.39 is 11.6 Å². The highest BCUT2D eigenvalue weighted by Crippen LogP contribution is 2.22. The van der Waals surface area contributed by atoms with Crippen LogP contribution in [0.25, 0.3) is 0 Å². The summed E-state index contributed by atoms with van der Waals surface area (Å²) < 4.78 is 26.2. The first-order chi connectivity index (χ1) is 7.66. The Bertz CT molecular complexity index is 514. The van der Waals surface area contributed by atoms with Crippen molar-refractivity contribution < 1.29 is 8.78 Å². The number of hydrogen-bond donors (Lipinski definition) is 2. The minimum atomic E-state index is -0.563. The first-order valence-corrected chi connectivity index (χ1v) is 4.59. The molecule has 1 heterocycles. The van der Waals surface area contributed by atoms with Gasteiger partial charge in [0.25, 0.3) is 0 Å². The Balaban J connectivity index is 2.34. The zero-order valence-corrected chi connectivity index (χ0v) is 8.24. The normalized spacial score (nSPS) is 10.1. The quantitative estimate of drug-likeness (QED) is 0.819. The van der Waals surface area contributed by atoms with E-state index in [4.69, 9.17) is 5.73 Å². The predicted octanol–water partition coefficient (Wildman–Crippen LogP) is 2.69. The van der Waals surface area contributed by atoms with Crippen LogP contribution in [0.4, 0.5) is 26.0 Å². The number of anilines is 3. The van der Waals surface area contributed by atoms with Gasteiger partial charge in [0.1, 0.15) is 11.6 Å². The van der Waals surface area contributed by atoms with Crippen LogP contribution in [0.1, 0.15) is 0 Å². The van der Waals surface area contributed by atoms with Gasteiger partial charge in [-0.2, -0.15) is 0 Å². The van der Waals surface area contributed by atoms with E-state index in [-0.39, 0.29) is 5.69 Å². The molecule has 0 aliphatic rings. The molecular weight excluding hydrogens is 212 g/mol. The minimum absolute atomic E-state index is 0.00500. The Morgan fingerprint density at radius 1 is 1.19 bits per heavy atom. The van der Waals surface area contributed by atoms with Crippen LogP contribution in [0.3, 0.4) is 0 Å². The smallest absolute Gasteiger partial charge is 0.153 e. The van der Waals surface area contributed by atoms with E-state index in [1.807, 2.05) is 0 Å². The molecule has 0 spiro atoms. The van der Waals surface area contributed by atoms with Gasteiger partial charge in [0.2, 0.25) is 0 Å². The summed E-state index contributed by atoms with van der Waals surface area (Å²) in [6.07, 6.45) is 1.51. The number of nitrogen functional groups attached to an aromatic ring is 1. The Hall–Kier alpha value is -2.17. The van der Waals surface area contributed by atoms with Gasteiger partial charge in [0.15, 0.2) is 5.82 Å². The summed E-state index contributed by atoms with van der Waals surface area (Å²) in [4.78, 5) is 3.92. The van der Waals surface area contributed by atoms with Crippen molar-refractivity contribution >= 4 is 17.2 Å². The van der Waals surface area contributed by atoms with Crippen LogP contribution in [0.2, 0.25) is 0 Å². The number of nitrogens with two attached hydrogens (primary N) is 1. The maximum atomic E-state index is 13.3. The molecule has 16 heavy (non-hydrogen) atoms. The second kappa shape index (κ2) is 4.14. The van der Waals surface area contributed by atoms with Crippen molar-refractivity contribution in [2.24, 2.45) is 0 Å².